The molecule has 0 unspecified atom stereocenters. The number of hydrogen-bond acceptors (Lipinski definition) is 19. The van der Waals surface area contributed by atoms with E-state index >= 15 is 0 Å². The lowest BCUT2D eigenvalue weighted by atomic mass is 10.3. The predicted octanol–water partition coefficient (Wildman–Crippen LogP) is 23.4. The molecule has 0 fully saturated rings. The normalized spacial score (nSPS) is 10.8. The third-order valence-corrected chi connectivity index (χ3v) is 28.8. The van der Waals surface area contributed by atoms with E-state index in [0.717, 1.165) is 12.5 Å². The van der Waals surface area contributed by atoms with Crippen LogP contribution in [-0.2, 0) is 68.9 Å². The fraction of sp³-hybridized carbons (Fsp3) is 0.541. The minimum absolute atomic E-state index is 0.155. The van der Waals surface area contributed by atoms with Gasteiger partial charge in [-0.3, -0.25) is 4.79 Å². The summed E-state index contributed by atoms with van der Waals surface area (Å²) in [5.41, 5.74) is -0.303. The lowest BCUT2D eigenvalue weighted by Gasteiger charge is -2.08. The summed E-state index contributed by atoms with van der Waals surface area (Å²) in [5.74, 6) is 0.188. The van der Waals surface area contributed by atoms with Gasteiger partial charge in [-0.1, -0.05) is 214 Å². The van der Waals surface area contributed by atoms with Crippen LogP contribution in [0.5, 0.6) is 11.8 Å². The molecule has 1 N–H and O–H groups in total. The van der Waals surface area contributed by atoms with Crippen LogP contribution >= 0.6 is 34.8 Å². The van der Waals surface area contributed by atoms with E-state index < -0.39 is 111 Å². The summed E-state index contributed by atoms with van der Waals surface area (Å²) in [6.07, 6.45) is 13.5. The van der Waals surface area contributed by atoms with Crippen LogP contribution in [0.4, 0.5) is 4.39 Å². The van der Waals surface area contributed by atoms with E-state index in [4.69, 9.17) is 44.3 Å². The SMILES string of the molecule is CC(C)S(=O)(=O)c1ccc(=O)[nH]c1.CC(C)S(=O)(=O)c1ccc(Cl)cc1.CC(C)S(=O)(=O)c1cccc(Cl)c1.CC(C)S(=O)(=O)c1ccccc1Cl.CC(C)S(=O)(=O)c1ccccc1F.CCC.CCC.CCC.CCC.CCC.CCC.CCC.CCCOc1ccc(S(=O)(=O)C(C)C)cn1.COc1ccc(S(=O)(=O)C(C)C)cn1. The van der Waals surface area contributed by atoms with Gasteiger partial charge in [0.15, 0.2) is 68.9 Å². The fourth-order valence-electron chi connectivity index (χ4n) is 6.54. The Bertz CT molecular complexity index is 4470. The molecule has 0 saturated heterocycles. The molecule has 0 saturated carbocycles. The summed E-state index contributed by atoms with van der Waals surface area (Å²) >= 11 is 17.1. The Kier molecular flexibility index (Phi) is 71.2. The van der Waals surface area contributed by atoms with E-state index in [9.17, 15) is 68.1 Å². The maximum Gasteiger partial charge on any atom is 0.247 e. The van der Waals surface area contributed by atoms with Gasteiger partial charge < -0.3 is 14.5 Å². The first-order valence-corrected chi connectivity index (χ1v) is 51.0. The Hall–Kier alpha value is -5.82. The molecule has 0 aliphatic heterocycles. The molecule has 3 aromatic heterocycles. The third kappa shape index (κ3) is 50.9. The van der Waals surface area contributed by atoms with Crippen molar-refractivity contribution in [2.45, 2.75) is 323 Å². The van der Waals surface area contributed by atoms with Gasteiger partial charge in [0.1, 0.15) is 10.7 Å². The van der Waals surface area contributed by atoms with Crippen molar-refractivity contribution in [3.05, 3.63) is 183 Å². The second-order valence-electron chi connectivity index (χ2n) is 27.0. The first-order valence-electron chi connectivity index (χ1n) is 39.1. The minimum Gasteiger partial charge on any atom is -0.481 e. The Morgan fingerprint density at radius 3 is 0.966 bits per heavy atom. The molecule has 0 bridgehead atoms. The topological polar surface area (TPSA) is 316 Å². The van der Waals surface area contributed by atoms with Crippen molar-refractivity contribution in [3.63, 3.8) is 0 Å². The molecule has 116 heavy (non-hydrogen) atoms. The van der Waals surface area contributed by atoms with E-state index in [-0.39, 0.29) is 40.0 Å². The number of sulfone groups is 7. The largest absolute Gasteiger partial charge is 0.481 e. The van der Waals surface area contributed by atoms with Crippen LogP contribution in [0.1, 0.15) is 252 Å². The van der Waals surface area contributed by atoms with Gasteiger partial charge in [0.2, 0.25) is 17.3 Å². The van der Waals surface area contributed by atoms with Gasteiger partial charge in [-0.05, 0) is 188 Å². The number of aromatic nitrogens is 3. The van der Waals surface area contributed by atoms with E-state index in [1.165, 1.54) is 157 Å². The van der Waals surface area contributed by atoms with Crippen molar-refractivity contribution >= 4 is 104 Å². The highest BCUT2D eigenvalue weighted by Crippen LogP contribution is 2.26. The molecule has 31 heteroatoms. The number of nitrogens with zero attached hydrogens (tertiary/aromatic N) is 2. The third-order valence-electron chi connectivity index (χ3n) is 12.7. The Morgan fingerprint density at radius 2 is 0.655 bits per heavy atom. The molecule has 20 nitrogen and oxygen atoms in total. The molecule has 0 amide bonds. The number of nitrogens with one attached hydrogen (secondary N) is 1. The molecule has 0 aliphatic rings. The monoisotopic (exact) mass is 1820 g/mol. The second kappa shape index (κ2) is 66.9. The first-order chi connectivity index (χ1) is 53.6. The number of benzene rings is 4. The zero-order valence-corrected chi connectivity index (χ0v) is 82.5. The quantitative estimate of drug-likeness (QED) is 0.0834. The van der Waals surface area contributed by atoms with Crippen LogP contribution in [0, 0.1) is 5.82 Å². The number of halogens is 4. The van der Waals surface area contributed by atoms with Crippen molar-refractivity contribution in [2.24, 2.45) is 0 Å². The van der Waals surface area contributed by atoms with Crippen LogP contribution in [0.15, 0.2) is 191 Å². The molecular formula is C85H141Cl3FN3O17S7. The Morgan fingerprint density at radius 1 is 0.345 bits per heavy atom. The van der Waals surface area contributed by atoms with E-state index in [1.54, 1.807) is 138 Å². The van der Waals surface area contributed by atoms with E-state index in [1.807, 2.05) is 6.92 Å². The number of H-pyrrole nitrogens is 1. The van der Waals surface area contributed by atoms with Crippen molar-refractivity contribution < 1.29 is 72.8 Å². The van der Waals surface area contributed by atoms with Crippen LogP contribution in [-0.4, -0.2) is 124 Å². The number of aromatic amines is 1. The van der Waals surface area contributed by atoms with E-state index in [2.05, 4.69) is 112 Å². The summed E-state index contributed by atoms with van der Waals surface area (Å²) in [4.78, 5) is 22.0. The van der Waals surface area contributed by atoms with Gasteiger partial charge in [0, 0.05) is 46.8 Å². The first kappa shape index (κ1) is 123. The van der Waals surface area contributed by atoms with Crippen molar-refractivity contribution in [1.29, 1.82) is 0 Å². The molecule has 4 aromatic carbocycles. The van der Waals surface area contributed by atoms with Crippen molar-refractivity contribution in [1.82, 2.24) is 15.0 Å². The highest BCUT2D eigenvalue weighted by molar-refractivity contribution is 7.93. The van der Waals surface area contributed by atoms with Crippen LogP contribution in [0.2, 0.25) is 15.1 Å². The number of ether oxygens (including phenoxy) is 2. The van der Waals surface area contributed by atoms with Crippen molar-refractivity contribution in [2.75, 3.05) is 13.7 Å². The minimum atomic E-state index is -3.48. The van der Waals surface area contributed by atoms with Gasteiger partial charge in [-0.2, -0.15) is 0 Å². The fourth-order valence-corrected chi connectivity index (χ4v) is 14.8. The summed E-state index contributed by atoms with van der Waals surface area (Å²) in [6.45, 7) is 55.1. The molecular weight excluding hydrogens is 1680 g/mol. The highest BCUT2D eigenvalue weighted by atomic mass is 35.5. The average molecular weight is 1830 g/mol. The number of hydrogen-bond donors (Lipinski definition) is 1. The van der Waals surface area contributed by atoms with Crippen molar-refractivity contribution in [3.8, 4) is 11.8 Å². The maximum absolute atomic E-state index is 13.1. The second-order valence-corrected chi connectivity index (χ2v) is 45.7. The smallest absolute Gasteiger partial charge is 0.247 e. The van der Waals surface area contributed by atoms with Crippen LogP contribution in [0.3, 0.4) is 0 Å². The van der Waals surface area contributed by atoms with Crippen LogP contribution < -0.4 is 15.0 Å². The predicted molar refractivity (Wildman–Crippen MR) is 487 cm³/mol. The number of methoxy groups -OCH3 is 1. The standard InChI is InChI=1S/C11H17NO3S.3C9H11ClO2S.C9H11FO2S.C9H13NO3S.C8H11NO3S.7C3H8/c1-4-7-15-11-6-5-10(8-12-11)16(13,14)9(2)3;1-7(2)13(11,12)9-5-3-8(10)4-6-9;1-7(2)13(11,12)9-5-3-4-8(10)6-9;2*1-7(2)13(11,12)9-6-4-3-5-8(9)10;1-7(2)14(11,12)8-4-5-9(13-3)10-6-8;1-6(2)13(11,12)7-3-4-8(10)9-5-7;7*1-3-2/h5-6,8-9H,4,7H2,1-3H3;4*3-7H,1-2H3;4-7H,1-3H3;3-6H,1-2H3,(H,9,10);7*3H2,1-2H3. The number of rotatable bonds is 18. The molecule has 668 valence electrons. The van der Waals surface area contributed by atoms with Gasteiger partial charge in [0.25, 0.3) is 0 Å². The van der Waals surface area contributed by atoms with Gasteiger partial charge in [-0.25, -0.2) is 73.3 Å². The molecule has 0 aliphatic carbocycles. The van der Waals surface area contributed by atoms with Gasteiger partial charge in [-0.15, -0.1) is 0 Å². The average Bonchev–Trinajstić information content (AvgIpc) is 0.819. The molecule has 7 aromatic rings. The maximum atomic E-state index is 13.1. The zero-order chi connectivity index (χ0) is 92.2. The molecule has 0 radical (unpaired) electrons. The lowest BCUT2D eigenvalue weighted by Crippen LogP contribution is -2.15. The molecule has 0 atom stereocenters. The Labute approximate surface area is 717 Å². The van der Waals surface area contributed by atoms with Gasteiger partial charge in [0.05, 0.1) is 84.9 Å². The summed E-state index contributed by atoms with van der Waals surface area (Å²) in [5, 5.41) is -1.90. The lowest BCUT2D eigenvalue weighted by molar-refractivity contribution is 0.305. The summed E-state index contributed by atoms with van der Waals surface area (Å²) in [7, 11) is -21.3. The molecule has 3 heterocycles. The molecule has 0 spiro atoms. The summed E-state index contributed by atoms with van der Waals surface area (Å²) in [6, 6.07) is 33.1. The zero-order valence-electron chi connectivity index (χ0n) is 74.5. The van der Waals surface area contributed by atoms with Crippen LogP contribution in [0.25, 0.3) is 0 Å². The van der Waals surface area contributed by atoms with E-state index in [0.29, 0.717) is 33.3 Å². The molecule has 7 rings (SSSR count). The Balaban J connectivity index is -0.000000229. The summed E-state index contributed by atoms with van der Waals surface area (Å²) < 4.78 is 186. The van der Waals surface area contributed by atoms with Gasteiger partial charge >= 0.3 is 0 Å². The highest BCUT2D eigenvalue weighted by Gasteiger charge is 2.25. The number of pyridine rings is 3.